The molecule has 17 heavy (non-hydrogen) atoms. The summed E-state index contributed by atoms with van der Waals surface area (Å²) < 4.78 is 10.2. The highest BCUT2D eigenvalue weighted by Crippen LogP contribution is 2.18. The standard InChI is InChI=1S/C13H13NO3/c1-3-16-11-6-4-10(5-7-11)8-12-13(15)17-9(2)14-12/h4-8H,3H2,1-2H3. The van der Waals surface area contributed by atoms with E-state index in [1.807, 2.05) is 31.2 Å². The molecule has 1 aliphatic heterocycles. The van der Waals surface area contributed by atoms with E-state index in [1.165, 1.54) is 0 Å². The van der Waals surface area contributed by atoms with Crippen LogP contribution >= 0.6 is 0 Å². The Hall–Kier alpha value is -2.10. The summed E-state index contributed by atoms with van der Waals surface area (Å²) in [6.45, 7) is 4.22. The molecule has 0 N–H and O–H groups in total. The number of carbonyl (C=O) groups excluding carboxylic acids is 1. The SMILES string of the molecule is CCOc1ccc(C=C2N=C(C)OC2=O)cc1. The monoisotopic (exact) mass is 231 g/mol. The fraction of sp³-hybridized carbons (Fsp3) is 0.231. The lowest BCUT2D eigenvalue weighted by atomic mass is 10.2. The molecule has 4 heteroatoms. The summed E-state index contributed by atoms with van der Waals surface area (Å²) >= 11 is 0. The first-order valence-electron chi connectivity index (χ1n) is 5.41. The summed E-state index contributed by atoms with van der Waals surface area (Å²) in [5.41, 5.74) is 1.21. The minimum absolute atomic E-state index is 0.326. The van der Waals surface area contributed by atoms with E-state index in [9.17, 15) is 4.79 Å². The zero-order chi connectivity index (χ0) is 12.3. The van der Waals surface area contributed by atoms with Gasteiger partial charge in [-0.2, -0.15) is 0 Å². The minimum Gasteiger partial charge on any atom is -0.494 e. The van der Waals surface area contributed by atoms with Crippen LogP contribution in [0.3, 0.4) is 0 Å². The van der Waals surface area contributed by atoms with Crippen molar-refractivity contribution in [1.29, 1.82) is 0 Å². The van der Waals surface area contributed by atoms with E-state index in [0.717, 1.165) is 11.3 Å². The van der Waals surface area contributed by atoms with E-state index >= 15 is 0 Å². The Morgan fingerprint density at radius 3 is 2.59 bits per heavy atom. The lowest BCUT2D eigenvalue weighted by Gasteiger charge is -2.02. The largest absolute Gasteiger partial charge is 0.494 e. The van der Waals surface area contributed by atoms with Crippen molar-refractivity contribution in [3.05, 3.63) is 35.5 Å². The van der Waals surface area contributed by atoms with E-state index in [0.29, 0.717) is 18.2 Å². The first kappa shape index (κ1) is 11.4. The van der Waals surface area contributed by atoms with Gasteiger partial charge in [-0.1, -0.05) is 12.1 Å². The van der Waals surface area contributed by atoms with Crippen LogP contribution in [0.4, 0.5) is 0 Å². The number of rotatable bonds is 3. The van der Waals surface area contributed by atoms with Crippen molar-refractivity contribution < 1.29 is 14.3 Å². The van der Waals surface area contributed by atoms with Gasteiger partial charge in [0.2, 0.25) is 0 Å². The van der Waals surface area contributed by atoms with Gasteiger partial charge in [0, 0.05) is 6.92 Å². The molecule has 0 saturated heterocycles. The van der Waals surface area contributed by atoms with Crippen molar-refractivity contribution in [3.63, 3.8) is 0 Å². The Kier molecular flexibility index (Phi) is 3.23. The molecule has 0 radical (unpaired) electrons. The van der Waals surface area contributed by atoms with Crippen molar-refractivity contribution >= 4 is 17.9 Å². The Morgan fingerprint density at radius 2 is 2.06 bits per heavy atom. The molecular weight excluding hydrogens is 218 g/mol. The van der Waals surface area contributed by atoms with Crippen LogP contribution in [0.15, 0.2) is 35.0 Å². The van der Waals surface area contributed by atoms with Crippen LogP contribution in [0, 0.1) is 0 Å². The third-order valence-electron chi connectivity index (χ3n) is 2.22. The molecule has 0 aliphatic carbocycles. The Bertz CT molecular complexity index is 486. The van der Waals surface area contributed by atoms with E-state index in [1.54, 1.807) is 13.0 Å². The topological polar surface area (TPSA) is 47.9 Å². The average molecular weight is 231 g/mol. The van der Waals surface area contributed by atoms with E-state index in [-0.39, 0.29) is 0 Å². The van der Waals surface area contributed by atoms with E-state index in [4.69, 9.17) is 9.47 Å². The predicted octanol–water partition coefficient (Wildman–Crippen LogP) is 2.40. The van der Waals surface area contributed by atoms with E-state index in [2.05, 4.69) is 4.99 Å². The molecule has 0 saturated carbocycles. The molecule has 88 valence electrons. The summed E-state index contributed by atoms with van der Waals surface area (Å²) in [5, 5.41) is 0. The molecule has 0 spiro atoms. The molecule has 2 rings (SSSR count). The molecule has 1 aromatic rings. The van der Waals surface area contributed by atoms with Gasteiger partial charge in [-0.25, -0.2) is 9.79 Å². The maximum Gasteiger partial charge on any atom is 0.363 e. The molecule has 0 atom stereocenters. The number of hydrogen-bond donors (Lipinski definition) is 0. The number of benzene rings is 1. The average Bonchev–Trinajstić information content (AvgIpc) is 2.61. The Morgan fingerprint density at radius 1 is 1.35 bits per heavy atom. The van der Waals surface area contributed by atoms with Crippen LogP contribution in [0.1, 0.15) is 19.4 Å². The second-order valence-corrected chi connectivity index (χ2v) is 3.55. The first-order chi connectivity index (χ1) is 8.19. The van der Waals surface area contributed by atoms with Crippen molar-refractivity contribution in [2.45, 2.75) is 13.8 Å². The van der Waals surface area contributed by atoms with Crippen LogP contribution in [-0.2, 0) is 9.53 Å². The van der Waals surface area contributed by atoms with Crippen LogP contribution in [0.5, 0.6) is 5.75 Å². The maximum atomic E-state index is 11.3. The van der Waals surface area contributed by atoms with E-state index < -0.39 is 5.97 Å². The molecular formula is C13H13NO3. The number of cyclic esters (lactones) is 1. The summed E-state index contributed by atoms with van der Waals surface area (Å²) in [6.07, 6.45) is 1.69. The molecule has 0 bridgehead atoms. The minimum atomic E-state index is -0.406. The fourth-order valence-corrected chi connectivity index (χ4v) is 1.50. The molecule has 0 aromatic heterocycles. The highest BCUT2D eigenvalue weighted by Gasteiger charge is 2.19. The summed E-state index contributed by atoms with van der Waals surface area (Å²) in [6, 6.07) is 7.45. The van der Waals surface area contributed by atoms with Crippen LogP contribution < -0.4 is 4.74 Å². The fourth-order valence-electron chi connectivity index (χ4n) is 1.50. The van der Waals surface area contributed by atoms with Gasteiger partial charge in [0.1, 0.15) is 5.75 Å². The summed E-state index contributed by atoms with van der Waals surface area (Å²) in [5.74, 6) is 0.784. The smallest absolute Gasteiger partial charge is 0.363 e. The number of carbonyl (C=O) groups is 1. The van der Waals surface area contributed by atoms with Gasteiger partial charge in [0.15, 0.2) is 11.6 Å². The molecule has 1 aromatic carbocycles. The van der Waals surface area contributed by atoms with Crippen LogP contribution in [0.2, 0.25) is 0 Å². The van der Waals surface area contributed by atoms with Gasteiger partial charge in [0.25, 0.3) is 0 Å². The number of esters is 1. The highest BCUT2D eigenvalue weighted by molar-refractivity contribution is 6.06. The highest BCUT2D eigenvalue weighted by atomic mass is 16.6. The second kappa shape index (κ2) is 4.82. The van der Waals surface area contributed by atoms with Crippen LogP contribution in [0.25, 0.3) is 6.08 Å². The lowest BCUT2D eigenvalue weighted by Crippen LogP contribution is -1.99. The number of hydrogen-bond acceptors (Lipinski definition) is 4. The van der Waals surface area contributed by atoms with Crippen LogP contribution in [-0.4, -0.2) is 18.5 Å². The summed E-state index contributed by atoms with van der Waals surface area (Å²) in [7, 11) is 0. The quantitative estimate of drug-likeness (QED) is 0.592. The zero-order valence-corrected chi connectivity index (χ0v) is 9.77. The van der Waals surface area contributed by atoms with Gasteiger partial charge >= 0.3 is 5.97 Å². The third-order valence-corrected chi connectivity index (χ3v) is 2.22. The zero-order valence-electron chi connectivity index (χ0n) is 9.77. The van der Waals surface area contributed by atoms with Gasteiger partial charge in [-0.3, -0.25) is 0 Å². The first-order valence-corrected chi connectivity index (χ1v) is 5.41. The molecule has 0 unspecified atom stereocenters. The maximum absolute atomic E-state index is 11.3. The molecule has 0 amide bonds. The molecule has 1 heterocycles. The van der Waals surface area contributed by atoms with Crippen molar-refractivity contribution in [1.82, 2.24) is 0 Å². The number of nitrogens with zero attached hydrogens (tertiary/aromatic N) is 1. The predicted molar refractivity (Wildman–Crippen MR) is 64.8 cm³/mol. The third kappa shape index (κ3) is 2.72. The van der Waals surface area contributed by atoms with Gasteiger partial charge in [-0.05, 0) is 30.7 Å². The van der Waals surface area contributed by atoms with Crippen molar-refractivity contribution in [2.75, 3.05) is 6.61 Å². The molecule has 1 aliphatic rings. The summed E-state index contributed by atoms with van der Waals surface area (Å²) in [4.78, 5) is 15.3. The molecule has 4 nitrogen and oxygen atoms in total. The van der Waals surface area contributed by atoms with Gasteiger partial charge < -0.3 is 9.47 Å². The Labute approximate surface area is 99.6 Å². The lowest BCUT2D eigenvalue weighted by molar-refractivity contribution is -0.130. The Balaban J connectivity index is 2.19. The molecule has 0 fully saturated rings. The van der Waals surface area contributed by atoms with Crippen molar-refractivity contribution in [3.8, 4) is 5.75 Å². The van der Waals surface area contributed by atoms with Gasteiger partial charge in [-0.15, -0.1) is 0 Å². The number of aliphatic imine (C=N–C) groups is 1. The normalized spacial score (nSPS) is 16.9. The van der Waals surface area contributed by atoms with Crippen molar-refractivity contribution in [2.24, 2.45) is 4.99 Å². The second-order valence-electron chi connectivity index (χ2n) is 3.55. The number of ether oxygens (including phenoxy) is 2. The van der Waals surface area contributed by atoms with Gasteiger partial charge in [0.05, 0.1) is 6.61 Å².